The molecule has 0 aliphatic carbocycles. The Bertz CT molecular complexity index is 628. The second-order valence-corrected chi connectivity index (χ2v) is 4.86. The van der Waals surface area contributed by atoms with Crippen LogP contribution in [0.2, 0.25) is 0 Å². The molecule has 1 N–H and O–H groups in total. The van der Waals surface area contributed by atoms with Gasteiger partial charge in [0.2, 0.25) is 0 Å². The summed E-state index contributed by atoms with van der Waals surface area (Å²) in [5.41, 5.74) is 0.517. The number of benzene rings is 2. The lowest BCUT2D eigenvalue weighted by atomic mass is 10.3. The average Bonchev–Trinajstić information content (AvgIpc) is 2.60. The van der Waals surface area contributed by atoms with Crippen LogP contribution >= 0.6 is 0 Å². The third-order valence-corrected chi connectivity index (χ3v) is 3.02. The lowest BCUT2D eigenvalue weighted by Gasteiger charge is -2.09. The lowest BCUT2D eigenvalue weighted by molar-refractivity contribution is -0.118. The van der Waals surface area contributed by atoms with Crippen molar-refractivity contribution in [3.05, 3.63) is 54.3 Å². The zero-order chi connectivity index (χ0) is 17.2. The zero-order valence-electron chi connectivity index (χ0n) is 13.5. The summed E-state index contributed by atoms with van der Waals surface area (Å²) >= 11 is 0. The van der Waals surface area contributed by atoms with E-state index in [1.807, 2.05) is 6.92 Å². The van der Waals surface area contributed by atoms with Gasteiger partial charge in [0.15, 0.2) is 6.61 Å². The first-order valence-electron chi connectivity index (χ1n) is 7.66. The summed E-state index contributed by atoms with van der Waals surface area (Å²) in [7, 11) is 0. The van der Waals surface area contributed by atoms with Crippen LogP contribution in [0, 0.1) is 5.82 Å². The second kappa shape index (κ2) is 9.52. The first-order chi connectivity index (χ1) is 11.7. The fourth-order valence-electron chi connectivity index (χ4n) is 1.87. The minimum absolute atomic E-state index is 0.137. The van der Waals surface area contributed by atoms with E-state index in [0.717, 1.165) is 0 Å². The van der Waals surface area contributed by atoms with Crippen LogP contribution in [0.4, 0.5) is 10.1 Å². The molecular formula is C18H20FNO4. The van der Waals surface area contributed by atoms with Gasteiger partial charge in [0, 0.05) is 12.3 Å². The van der Waals surface area contributed by atoms with Gasteiger partial charge in [-0.15, -0.1) is 0 Å². The van der Waals surface area contributed by atoms with Gasteiger partial charge in [0.1, 0.15) is 23.9 Å². The largest absolute Gasteiger partial charge is 0.491 e. The van der Waals surface area contributed by atoms with Crippen LogP contribution in [0.1, 0.15) is 6.92 Å². The van der Waals surface area contributed by atoms with E-state index in [2.05, 4.69) is 5.32 Å². The lowest BCUT2D eigenvalue weighted by Crippen LogP contribution is -2.20. The maximum atomic E-state index is 12.8. The average molecular weight is 333 g/mol. The summed E-state index contributed by atoms with van der Waals surface area (Å²) in [5, 5.41) is 2.62. The van der Waals surface area contributed by atoms with Crippen LogP contribution in [-0.4, -0.2) is 32.3 Å². The molecule has 0 atom stereocenters. The van der Waals surface area contributed by atoms with Crippen LogP contribution in [0.25, 0.3) is 0 Å². The van der Waals surface area contributed by atoms with E-state index in [1.54, 1.807) is 24.3 Å². The van der Waals surface area contributed by atoms with Crippen molar-refractivity contribution >= 4 is 11.6 Å². The van der Waals surface area contributed by atoms with E-state index in [1.165, 1.54) is 24.3 Å². The van der Waals surface area contributed by atoms with E-state index in [-0.39, 0.29) is 18.3 Å². The van der Waals surface area contributed by atoms with Crippen molar-refractivity contribution < 1.29 is 23.4 Å². The van der Waals surface area contributed by atoms with Crippen LogP contribution in [0.3, 0.4) is 0 Å². The minimum Gasteiger partial charge on any atom is -0.491 e. The third kappa shape index (κ3) is 6.26. The first-order valence-corrected chi connectivity index (χ1v) is 7.66. The monoisotopic (exact) mass is 333 g/mol. The highest BCUT2D eigenvalue weighted by molar-refractivity contribution is 5.91. The molecule has 0 unspecified atom stereocenters. The Balaban J connectivity index is 1.73. The molecule has 5 nitrogen and oxygen atoms in total. The highest BCUT2D eigenvalue weighted by Gasteiger charge is 2.04. The number of carbonyl (C=O) groups is 1. The number of halogens is 1. The molecule has 128 valence electrons. The van der Waals surface area contributed by atoms with Crippen LogP contribution in [0.5, 0.6) is 11.5 Å². The van der Waals surface area contributed by atoms with Gasteiger partial charge in [0.25, 0.3) is 5.91 Å². The Kier molecular flexibility index (Phi) is 7.04. The molecule has 1 amide bonds. The highest BCUT2D eigenvalue weighted by Crippen LogP contribution is 2.17. The molecule has 0 fully saturated rings. The molecule has 0 heterocycles. The van der Waals surface area contributed by atoms with Crippen LogP contribution in [0.15, 0.2) is 48.5 Å². The quantitative estimate of drug-likeness (QED) is 0.716. The molecule has 0 spiro atoms. The molecule has 0 saturated carbocycles. The fourth-order valence-corrected chi connectivity index (χ4v) is 1.87. The van der Waals surface area contributed by atoms with Gasteiger partial charge < -0.3 is 19.5 Å². The number of hydrogen-bond acceptors (Lipinski definition) is 4. The van der Waals surface area contributed by atoms with Gasteiger partial charge in [-0.25, -0.2) is 4.39 Å². The predicted octanol–water partition coefficient (Wildman–Crippen LogP) is 3.26. The molecule has 2 rings (SSSR count). The Labute approximate surface area is 140 Å². The standard InChI is InChI=1S/C18H20FNO4/c1-2-22-11-12-23-16-7-9-17(10-8-16)24-13-18(21)20-15-5-3-14(19)4-6-15/h3-10H,2,11-13H2,1H3,(H,20,21). The number of rotatable bonds is 9. The molecule has 0 aromatic heterocycles. The number of nitrogens with one attached hydrogen (secondary N) is 1. The van der Waals surface area contributed by atoms with Gasteiger partial charge in [-0.2, -0.15) is 0 Å². The van der Waals surface area contributed by atoms with Crippen molar-refractivity contribution in [2.45, 2.75) is 6.92 Å². The molecule has 2 aromatic carbocycles. The van der Waals surface area contributed by atoms with Crippen LogP contribution in [-0.2, 0) is 9.53 Å². The zero-order valence-corrected chi connectivity index (χ0v) is 13.5. The van der Waals surface area contributed by atoms with Crippen molar-refractivity contribution in [3.8, 4) is 11.5 Å². The molecule has 0 aliphatic rings. The number of ether oxygens (including phenoxy) is 3. The maximum absolute atomic E-state index is 12.8. The summed E-state index contributed by atoms with van der Waals surface area (Å²) in [6, 6.07) is 12.5. The molecule has 2 aromatic rings. The Morgan fingerprint density at radius 3 is 2.21 bits per heavy atom. The van der Waals surface area contributed by atoms with Gasteiger partial charge in [-0.3, -0.25) is 4.79 Å². The Morgan fingerprint density at radius 1 is 0.958 bits per heavy atom. The number of amides is 1. The molecule has 6 heteroatoms. The second-order valence-electron chi connectivity index (χ2n) is 4.86. The first kappa shape index (κ1) is 17.7. The maximum Gasteiger partial charge on any atom is 0.262 e. The summed E-state index contributed by atoms with van der Waals surface area (Å²) in [6.45, 7) is 3.48. The van der Waals surface area contributed by atoms with Crippen LogP contribution < -0.4 is 14.8 Å². The van der Waals surface area contributed by atoms with E-state index >= 15 is 0 Å². The van der Waals surface area contributed by atoms with E-state index in [0.29, 0.717) is 37.0 Å². The summed E-state index contributed by atoms with van der Waals surface area (Å²) < 4.78 is 28.9. The van der Waals surface area contributed by atoms with Crippen molar-refractivity contribution in [2.75, 3.05) is 31.7 Å². The van der Waals surface area contributed by atoms with Crippen molar-refractivity contribution in [1.29, 1.82) is 0 Å². The fraction of sp³-hybridized carbons (Fsp3) is 0.278. The summed E-state index contributed by atoms with van der Waals surface area (Å²) in [5.74, 6) is 0.589. The van der Waals surface area contributed by atoms with Crippen molar-refractivity contribution in [1.82, 2.24) is 0 Å². The smallest absolute Gasteiger partial charge is 0.262 e. The number of carbonyl (C=O) groups excluding carboxylic acids is 1. The molecule has 0 aliphatic heterocycles. The van der Waals surface area contributed by atoms with E-state index in [4.69, 9.17) is 14.2 Å². The van der Waals surface area contributed by atoms with Gasteiger partial charge in [0.05, 0.1) is 6.61 Å². The van der Waals surface area contributed by atoms with E-state index < -0.39 is 0 Å². The molecule has 0 saturated heterocycles. The topological polar surface area (TPSA) is 56.8 Å². The number of hydrogen-bond donors (Lipinski definition) is 1. The highest BCUT2D eigenvalue weighted by atomic mass is 19.1. The Morgan fingerprint density at radius 2 is 1.58 bits per heavy atom. The molecule has 0 bridgehead atoms. The van der Waals surface area contributed by atoms with E-state index in [9.17, 15) is 9.18 Å². The number of anilines is 1. The molecule has 0 radical (unpaired) electrons. The van der Waals surface area contributed by atoms with Gasteiger partial charge in [-0.05, 0) is 55.5 Å². The minimum atomic E-state index is -0.354. The van der Waals surface area contributed by atoms with Crippen molar-refractivity contribution in [2.24, 2.45) is 0 Å². The van der Waals surface area contributed by atoms with Gasteiger partial charge >= 0.3 is 0 Å². The van der Waals surface area contributed by atoms with Crippen molar-refractivity contribution in [3.63, 3.8) is 0 Å². The molecular weight excluding hydrogens is 313 g/mol. The normalized spacial score (nSPS) is 10.2. The Hall–Kier alpha value is -2.60. The predicted molar refractivity (Wildman–Crippen MR) is 89.0 cm³/mol. The molecule has 24 heavy (non-hydrogen) atoms. The SMILES string of the molecule is CCOCCOc1ccc(OCC(=O)Nc2ccc(F)cc2)cc1. The third-order valence-electron chi connectivity index (χ3n) is 3.02. The summed E-state index contributed by atoms with van der Waals surface area (Å²) in [6.07, 6.45) is 0. The summed E-state index contributed by atoms with van der Waals surface area (Å²) in [4.78, 5) is 11.8. The van der Waals surface area contributed by atoms with Gasteiger partial charge in [-0.1, -0.05) is 0 Å².